The molecule has 0 amide bonds. The standard InChI is InChI=1S/C11H9F3N4/c1-5-9(14)11(18-15)17-10(16-5)6-2-7(12)4-8(13)3-6/h2-4H,15H2,1H3,(H,16,17,18). The van der Waals surface area contributed by atoms with Crippen molar-refractivity contribution in [2.45, 2.75) is 6.92 Å². The quantitative estimate of drug-likeness (QED) is 0.636. The van der Waals surface area contributed by atoms with Crippen LogP contribution in [0.4, 0.5) is 19.0 Å². The molecule has 1 aromatic carbocycles. The highest BCUT2D eigenvalue weighted by Gasteiger charge is 2.13. The number of aryl methyl sites for hydroxylation is 1. The first-order valence-electron chi connectivity index (χ1n) is 4.98. The number of hydrogen-bond donors (Lipinski definition) is 2. The van der Waals surface area contributed by atoms with Crippen LogP contribution in [0.5, 0.6) is 0 Å². The maximum atomic E-state index is 13.4. The van der Waals surface area contributed by atoms with Crippen molar-refractivity contribution in [2.75, 3.05) is 5.43 Å². The van der Waals surface area contributed by atoms with Crippen molar-refractivity contribution in [1.82, 2.24) is 9.97 Å². The van der Waals surface area contributed by atoms with E-state index in [2.05, 4.69) is 15.4 Å². The van der Waals surface area contributed by atoms with Gasteiger partial charge in [-0.2, -0.15) is 0 Å². The topological polar surface area (TPSA) is 63.8 Å². The number of aromatic nitrogens is 2. The number of nitrogens with zero attached hydrogens (tertiary/aromatic N) is 2. The summed E-state index contributed by atoms with van der Waals surface area (Å²) in [7, 11) is 0. The molecule has 0 fully saturated rings. The summed E-state index contributed by atoms with van der Waals surface area (Å²) < 4.78 is 39.6. The van der Waals surface area contributed by atoms with Crippen LogP contribution >= 0.6 is 0 Å². The van der Waals surface area contributed by atoms with Gasteiger partial charge in [0.05, 0.1) is 5.69 Å². The molecule has 0 saturated heterocycles. The highest BCUT2D eigenvalue weighted by molar-refractivity contribution is 5.58. The fourth-order valence-electron chi connectivity index (χ4n) is 1.47. The van der Waals surface area contributed by atoms with Crippen molar-refractivity contribution in [3.8, 4) is 11.4 Å². The van der Waals surface area contributed by atoms with E-state index >= 15 is 0 Å². The van der Waals surface area contributed by atoms with Crippen LogP contribution in [0.2, 0.25) is 0 Å². The lowest BCUT2D eigenvalue weighted by Gasteiger charge is -2.07. The van der Waals surface area contributed by atoms with E-state index in [1.54, 1.807) is 0 Å². The van der Waals surface area contributed by atoms with Gasteiger partial charge in [-0.05, 0) is 19.1 Å². The van der Waals surface area contributed by atoms with Crippen LogP contribution in [0.3, 0.4) is 0 Å². The zero-order chi connectivity index (χ0) is 13.3. The second-order valence-electron chi connectivity index (χ2n) is 3.60. The molecule has 1 heterocycles. The molecule has 0 bridgehead atoms. The van der Waals surface area contributed by atoms with Gasteiger partial charge >= 0.3 is 0 Å². The summed E-state index contributed by atoms with van der Waals surface area (Å²) in [5, 5.41) is 0. The Kier molecular flexibility index (Phi) is 3.15. The van der Waals surface area contributed by atoms with Crippen LogP contribution in [0.1, 0.15) is 5.69 Å². The molecule has 18 heavy (non-hydrogen) atoms. The SMILES string of the molecule is Cc1nc(-c2cc(F)cc(F)c2)nc(NN)c1F. The highest BCUT2D eigenvalue weighted by atomic mass is 19.1. The summed E-state index contributed by atoms with van der Waals surface area (Å²) in [4.78, 5) is 7.57. The number of nitrogen functional groups attached to an aromatic ring is 1. The van der Waals surface area contributed by atoms with Gasteiger partial charge in [0.25, 0.3) is 0 Å². The molecule has 0 radical (unpaired) electrons. The first kappa shape index (κ1) is 12.3. The average Bonchev–Trinajstić information content (AvgIpc) is 2.31. The van der Waals surface area contributed by atoms with Gasteiger partial charge in [-0.15, -0.1) is 0 Å². The van der Waals surface area contributed by atoms with E-state index < -0.39 is 17.5 Å². The summed E-state index contributed by atoms with van der Waals surface area (Å²) in [5.74, 6) is 2.61. The molecule has 0 atom stereocenters. The van der Waals surface area contributed by atoms with Crippen molar-refractivity contribution in [1.29, 1.82) is 0 Å². The van der Waals surface area contributed by atoms with Gasteiger partial charge in [0, 0.05) is 11.6 Å². The number of hydrogen-bond acceptors (Lipinski definition) is 4. The maximum absolute atomic E-state index is 13.4. The molecule has 0 aliphatic carbocycles. The van der Waals surface area contributed by atoms with Gasteiger partial charge in [-0.1, -0.05) is 0 Å². The molecule has 0 spiro atoms. The smallest absolute Gasteiger partial charge is 0.187 e. The molecule has 4 nitrogen and oxygen atoms in total. The first-order chi connectivity index (χ1) is 8.51. The highest BCUT2D eigenvalue weighted by Crippen LogP contribution is 2.22. The van der Waals surface area contributed by atoms with Crippen LogP contribution in [0.25, 0.3) is 11.4 Å². The summed E-state index contributed by atoms with van der Waals surface area (Å²) in [6, 6.07) is 2.83. The lowest BCUT2D eigenvalue weighted by atomic mass is 10.2. The van der Waals surface area contributed by atoms with E-state index in [1.165, 1.54) is 6.92 Å². The Morgan fingerprint density at radius 3 is 2.22 bits per heavy atom. The first-order valence-corrected chi connectivity index (χ1v) is 4.98. The number of hydrazine groups is 1. The third kappa shape index (κ3) is 2.25. The molecular formula is C11H9F3N4. The van der Waals surface area contributed by atoms with Gasteiger partial charge < -0.3 is 5.43 Å². The lowest BCUT2D eigenvalue weighted by molar-refractivity contribution is 0.583. The van der Waals surface area contributed by atoms with Crippen molar-refractivity contribution < 1.29 is 13.2 Å². The second-order valence-corrected chi connectivity index (χ2v) is 3.60. The van der Waals surface area contributed by atoms with Crippen LogP contribution in [-0.4, -0.2) is 9.97 Å². The Hall–Kier alpha value is -2.15. The predicted molar refractivity (Wildman–Crippen MR) is 59.9 cm³/mol. The van der Waals surface area contributed by atoms with E-state index in [-0.39, 0.29) is 22.9 Å². The minimum absolute atomic E-state index is 0.0137. The molecule has 94 valence electrons. The Morgan fingerprint density at radius 2 is 1.67 bits per heavy atom. The van der Waals surface area contributed by atoms with Crippen LogP contribution in [0, 0.1) is 24.4 Å². The lowest BCUT2D eigenvalue weighted by Crippen LogP contribution is -2.13. The number of benzene rings is 1. The Balaban J connectivity index is 2.60. The molecule has 0 aliphatic rings. The third-order valence-corrected chi connectivity index (χ3v) is 2.27. The minimum Gasteiger partial charge on any atom is -0.306 e. The summed E-state index contributed by atoms with van der Waals surface area (Å²) >= 11 is 0. The number of rotatable bonds is 2. The van der Waals surface area contributed by atoms with Gasteiger partial charge in [0.15, 0.2) is 17.5 Å². The number of halogens is 3. The van der Waals surface area contributed by atoms with E-state index in [0.29, 0.717) is 0 Å². The summed E-state index contributed by atoms with van der Waals surface area (Å²) in [5.41, 5.74) is 2.19. The van der Waals surface area contributed by atoms with Crippen LogP contribution < -0.4 is 11.3 Å². The Morgan fingerprint density at radius 1 is 1.06 bits per heavy atom. The molecule has 3 N–H and O–H groups in total. The fraction of sp³-hybridized carbons (Fsp3) is 0.0909. The molecule has 2 aromatic rings. The van der Waals surface area contributed by atoms with Crippen molar-refractivity contribution >= 4 is 5.82 Å². The fourth-order valence-corrected chi connectivity index (χ4v) is 1.47. The van der Waals surface area contributed by atoms with Gasteiger partial charge in [-0.25, -0.2) is 29.0 Å². The second kappa shape index (κ2) is 4.61. The van der Waals surface area contributed by atoms with E-state index in [1.807, 2.05) is 0 Å². The Bertz CT molecular complexity index is 581. The monoisotopic (exact) mass is 254 g/mol. The zero-order valence-electron chi connectivity index (χ0n) is 9.34. The van der Waals surface area contributed by atoms with Crippen LogP contribution in [0.15, 0.2) is 18.2 Å². The largest absolute Gasteiger partial charge is 0.306 e. The Labute approximate surface area is 101 Å². The van der Waals surface area contributed by atoms with Crippen molar-refractivity contribution in [3.05, 3.63) is 41.3 Å². The summed E-state index contributed by atoms with van der Waals surface area (Å²) in [6.07, 6.45) is 0. The maximum Gasteiger partial charge on any atom is 0.187 e. The van der Waals surface area contributed by atoms with E-state index in [0.717, 1.165) is 18.2 Å². The van der Waals surface area contributed by atoms with E-state index in [4.69, 9.17) is 5.84 Å². The number of nitrogens with two attached hydrogens (primary N) is 1. The molecule has 1 aromatic heterocycles. The van der Waals surface area contributed by atoms with E-state index in [9.17, 15) is 13.2 Å². The molecule has 2 rings (SSSR count). The number of anilines is 1. The van der Waals surface area contributed by atoms with Crippen molar-refractivity contribution in [3.63, 3.8) is 0 Å². The zero-order valence-corrected chi connectivity index (χ0v) is 9.34. The van der Waals surface area contributed by atoms with Gasteiger partial charge in [-0.3, -0.25) is 0 Å². The third-order valence-electron chi connectivity index (χ3n) is 2.27. The molecule has 0 aliphatic heterocycles. The predicted octanol–water partition coefficient (Wildman–Crippen LogP) is 2.15. The minimum atomic E-state index is -0.766. The van der Waals surface area contributed by atoms with Crippen molar-refractivity contribution in [2.24, 2.45) is 5.84 Å². The molecule has 0 unspecified atom stereocenters. The van der Waals surface area contributed by atoms with Gasteiger partial charge in [0.1, 0.15) is 11.6 Å². The number of nitrogens with one attached hydrogen (secondary N) is 1. The van der Waals surface area contributed by atoms with Gasteiger partial charge in [0.2, 0.25) is 0 Å². The normalized spacial score (nSPS) is 10.5. The average molecular weight is 254 g/mol. The summed E-state index contributed by atoms with van der Waals surface area (Å²) in [6.45, 7) is 1.40. The molecule has 7 heteroatoms. The van der Waals surface area contributed by atoms with Crippen LogP contribution in [-0.2, 0) is 0 Å². The molecule has 0 saturated carbocycles. The molecular weight excluding hydrogens is 245 g/mol.